The summed E-state index contributed by atoms with van der Waals surface area (Å²) in [6.07, 6.45) is 3.29. The fourth-order valence-corrected chi connectivity index (χ4v) is 1.76. The molecule has 0 aromatic carbocycles. The molecule has 0 spiro atoms. The van der Waals surface area contributed by atoms with Crippen molar-refractivity contribution in [2.75, 3.05) is 0 Å². The van der Waals surface area contributed by atoms with Gasteiger partial charge in [0.1, 0.15) is 5.65 Å². The molecule has 0 fully saturated rings. The summed E-state index contributed by atoms with van der Waals surface area (Å²) in [5, 5.41) is 0. The molecule has 2 aromatic heterocycles. The lowest BCUT2D eigenvalue weighted by Crippen LogP contribution is -2.16. The van der Waals surface area contributed by atoms with Gasteiger partial charge in [-0.15, -0.1) is 0 Å². The van der Waals surface area contributed by atoms with Gasteiger partial charge in [0, 0.05) is 16.9 Å². The fourth-order valence-electron chi connectivity index (χ4n) is 1.03. The van der Waals surface area contributed by atoms with Crippen LogP contribution >= 0.6 is 38.5 Å². The number of aromatic nitrogens is 2. The molecular weight excluding hydrogens is 347 g/mol. The van der Waals surface area contributed by atoms with E-state index in [0.29, 0.717) is 9.22 Å². The Morgan fingerprint density at radius 3 is 3.00 bits per heavy atom. The first kappa shape index (κ1) is 9.14. The Balaban J connectivity index is 2.97. The van der Waals surface area contributed by atoms with E-state index in [9.17, 15) is 4.79 Å². The lowest BCUT2D eigenvalue weighted by atomic mass is 10.4. The Morgan fingerprint density at radius 2 is 2.23 bits per heavy atom. The molecule has 66 valence electrons. The fraction of sp³-hybridized carbons (Fsp3) is 0. The van der Waals surface area contributed by atoms with Gasteiger partial charge in [0.05, 0.1) is 3.57 Å². The SMILES string of the molecule is O=c1c(I)cnc2ccc(Br)cn12. The number of fused-ring (bicyclic) bond motifs is 1. The quantitative estimate of drug-likeness (QED) is 0.682. The van der Waals surface area contributed by atoms with Crippen LogP contribution in [-0.4, -0.2) is 9.38 Å². The Morgan fingerprint density at radius 1 is 1.46 bits per heavy atom. The van der Waals surface area contributed by atoms with E-state index in [2.05, 4.69) is 20.9 Å². The number of halogens is 2. The van der Waals surface area contributed by atoms with Crippen LogP contribution in [0.1, 0.15) is 0 Å². The molecule has 0 amide bonds. The smallest absolute Gasteiger partial charge is 0.268 e. The summed E-state index contributed by atoms with van der Waals surface area (Å²) in [5.74, 6) is 0. The van der Waals surface area contributed by atoms with Crippen molar-refractivity contribution < 1.29 is 0 Å². The van der Waals surface area contributed by atoms with Gasteiger partial charge in [0.15, 0.2) is 0 Å². The zero-order valence-corrected chi connectivity index (χ0v) is 10.1. The molecule has 2 rings (SSSR count). The molecule has 0 unspecified atom stereocenters. The second kappa shape index (κ2) is 3.38. The van der Waals surface area contributed by atoms with E-state index in [1.807, 2.05) is 28.7 Å². The summed E-state index contributed by atoms with van der Waals surface area (Å²) in [7, 11) is 0. The standard InChI is InChI=1S/C8H4BrIN2O/c9-5-1-2-7-11-3-6(10)8(13)12(7)4-5/h1-4H. The Hall–Kier alpha value is -0.430. The van der Waals surface area contributed by atoms with Crippen molar-refractivity contribution in [1.29, 1.82) is 0 Å². The average molecular weight is 351 g/mol. The van der Waals surface area contributed by atoms with Gasteiger partial charge in [-0.25, -0.2) is 4.98 Å². The van der Waals surface area contributed by atoms with E-state index >= 15 is 0 Å². The highest BCUT2D eigenvalue weighted by molar-refractivity contribution is 14.1. The normalized spacial score (nSPS) is 10.6. The summed E-state index contributed by atoms with van der Waals surface area (Å²) >= 11 is 5.27. The van der Waals surface area contributed by atoms with Gasteiger partial charge in [0.25, 0.3) is 5.56 Å². The predicted molar refractivity (Wildman–Crippen MR) is 61.9 cm³/mol. The first-order valence-corrected chi connectivity index (χ1v) is 5.38. The van der Waals surface area contributed by atoms with Crippen molar-refractivity contribution in [3.05, 3.63) is 42.9 Å². The van der Waals surface area contributed by atoms with Crippen LogP contribution in [0.2, 0.25) is 0 Å². The highest BCUT2D eigenvalue weighted by atomic mass is 127. The number of nitrogens with zero attached hydrogens (tertiary/aromatic N) is 2. The number of rotatable bonds is 0. The summed E-state index contributed by atoms with van der Waals surface area (Å²) < 4.78 is 3.00. The van der Waals surface area contributed by atoms with Gasteiger partial charge in [-0.05, 0) is 50.7 Å². The maximum absolute atomic E-state index is 11.6. The van der Waals surface area contributed by atoms with E-state index in [0.717, 1.165) is 4.47 Å². The highest BCUT2D eigenvalue weighted by Crippen LogP contribution is 2.09. The number of hydrogen-bond acceptors (Lipinski definition) is 2. The first-order valence-electron chi connectivity index (χ1n) is 3.51. The van der Waals surface area contributed by atoms with E-state index in [1.165, 1.54) is 4.40 Å². The Kier molecular flexibility index (Phi) is 2.37. The van der Waals surface area contributed by atoms with Gasteiger partial charge < -0.3 is 0 Å². The molecular formula is C8H4BrIN2O. The average Bonchev–Trinajstić information content (AvgIpc) is 2.12. The maximum atomic E-state index is 11.6. The van der Waals surface area contributed by atoms with Crippen molar-refractivity contribution in [1.82, 2.24) is 9.38 Å². The molecule has 0 aliphatic rings. The molecule has 0 aliphatic carbocycles. The zero-order chi connectivity index (χ0) is 9.42. The molecule has 5 heteroatoms. The van der Waals surface area contributed by atoms with Gasteiger partial charge in [-0.1, -0.05) is 0 Å². The second-order valence-corrected chi connectivity index (χ2v) is 4.56. The Bertz CT molecular complexity index is 518. The van der Waals surface area contributed by atoms with Crippen LogP contribution in [0, 0.1) is 3.57 Å². The third-order valence-corrected chi connectivity index (χ3v) is 2.83. The lowest BCUT2D eigenvalue weighted by Gasteiger charge is -1.99. The molecule has 0 atom stereocenters. The molecule has 0 N–H and O–H groups in total. The third-order valence-electron chi connectivity index (χ3n) is 1.62. The van der Waals surface area contributed by atoms with E-state index < -0.39 is 0 Å². The first-order chi connectivity index (χ1) is 6.18. The van der Waals surface area contributed by atoms with Crippen molar-refractivity contribution >= 4 is 44.2 Å². The molecule has 0 saturated heterocycles. The van der Waals surface area contributed by atoms with Crippen LogP contribution < -0.4 is 5.56 Å². The van der Waals surface area contributed by atoms with Gasteiger partial charge >= 0.3 is 0 Å². The van der Waals surface area contributed by atoms with Crippen molar-refractivity contribution in [3.63, 3.8) is 0 Å². The second-order valence-electron chi connectivity index (χ2n) is 2.49. The van der Waals surface area contributed by atoms with Gasteiger partial charge in [0.2, 0.25) is 0 Å². The minimum Gasteiger partial charge on any atom is -0.268 e. The van der Waals surface area contributed by atoms with Gasteiger partial charge in [-0.3, -0.25) is 9.20 Å². The van der Waals surface area contributed by atoms with Crippen molar-refractivity contribution in [2.45, 2.75) is 0 Å². The summed E-state index contributed by atoms with van der Waals surface area (Å²) in [4.78, 5) is 15.7. The predicted octanol–water partition coefficient (Wildman–Crippen LogP) is 2.06. The minimum atomic E-state index is -0.0353. The number of pyridine rings is 1. The van der Waals surface area contributed by atoms with Crippen LogP contribution in [0.25, 0.3) is 5.65 Å². The maximum Gasteiger partial charge on any atom is 0.271 e. The van der Waals surface area contributed by atoms with Crippen molar-refractivity contribution in [3.8, 4) is 0 Å². The monoisotopic (exact) mass is 350 g/mol. The van der Waals surface area contributed by atoms with E-state index in [4.69, 9.17) is 0 Å². The molecule has 2 aromatic rings. The largest absolute Gasteiger partial charge is 0.271 e. The molecule has 0 aliphatic heterocycles. The molecule has 3 nitrogen and oxygen atoms in total. The third kappa shape index (κ3) is 1.62. The zero-order valence-electron chi connectivity index (χ0n) is 6.37. The summed E-state index contributed by atoms with van der Waals surface area (Å²) in [6, 6.07) is 3.65. The molecule has 0 bridgehead atoms. The molecule has 2 heterocycles. The molecule has 0 saturated carbocycles. The minimum absolute atomic E-state index is 0.0353. The van der Waals surface area contributed by atoms with Crippen LogP contribution in [0.15, 0.2) is 33.8 Å². The highest BCUT2D eigenvalue weighted by Gasteiger charge is 2.00. The van der Waals surface area contributed by atoms with E-state index in [-0.39, 0.29) is 5.56 Å². The Labute approximate surface area is 96.1 Å². The topological polar surface area (TPSA) is 34.4 Å². The lowest BCUT2D eigenvalue weighted by molar-refractivity contribution is 1.02. The number of hydrogen-bond donors (Lipinski definition) is 0. The summed E-state index contributed by atoms with van der Waals surface area (Å²) in [6.45, 7) is 0. The van der Waals surface area contributed by atoms with Gasteiger partial charge in [-0.2, -0.15) is 0 Å². The molecule has 13 heavy (non-hydrogen) atoms. The van der Waals surface area contributed by atoms with Crippen LogP contribution in [-0.2, 0) is 0 Å². The van der Waals surface area contributed by atoms with Crippen molar-refractivity contribution in [2.24, 2.45) is 0 Å². The summed E-state index contributed by atoms with van der Waals surface area (Å²) in [5.41, 5.74) is 0.625. The van der Waals surface area contributed by atoms with Crippen LogP contribution in [0.3, 0.4) is 0 Å². The van der Waals surface area contributed by atoms with Crippen LogP contribution in [0.5, 0.6) is 0 Å². The van der Waals surface area contributed by atoms with Crippen LogP contribution in [0.4, 0.5) is 0 Å². The molecule has 0 radical (unpaired) electrons. The van der Waals surface area contributed by atoms with E-state index in [1.54, 1.807) is 18.5 Å².